The quantitative estimate of drug-likeness (QED) is 0.517. The molecule has 0 radical (unpaired) electrons. The average Bonchev–Trinajstić information content (AvgIpc) is 2.55. The number of hydrogen-bond donors (Lipinski definition) is 0. The van der Waals surface area contributed by atoms with E-state index in [1.807, 2.05) is 0 Å². The van der Waals surface area contributed by atoms with Gasteiger partial charge in [0, 0.05) is 0 Å². The Morgan fingerprint density at radius 2 is 1.93 bits per heavy atom. The van der Waals surface area contributed by atoms with E-state index in [0.717, 1.165) is 29.6 Å². The SMILES string of the molecule is C=C1CC[C@H]2[C@H]([C@H]3[C@@H]1CC[C@@H]3C)C2(C)C. The molecule has 5 atom stereocenters. The molecule has 0 amide bonds. The lowest BCUT2D eigenvalue weighted by Gasteiger charge is -2.25. The molecule has 0 bridgehead atoms. The minimum atomic E-state index is 0.655. The van der Waals surface area contributed by atoms with Crippen molar-refractivity contribution in [3.05, 3.63) is 12.2 Å². The Labute approximate surface area is 94.1 Å². The van der Waals surface area contributed by atoms with Crippen molar-refractivity contribution >= 4 is 0 Å². The number of rotatable bonds is 0. The van der Waals surface area contributed by atoms with Gasteiger partial charge in [0.05, 0.1) is 0 Å². The van der Waals surface area contributed by atoms with Gasteiger partial charge in [0.2, 0.25) is 0 Å². The normalized spacial score (nSPS) is 51.9. The average molecular weight is 204 g/mol. The van der Waals surface area contributed by atoms with Gasteiger partial charge in [-0.15, -0.1) is 0 Å². The molecule has 0 N–H and O–H groups in total. The van der Waals surface area contributed by atoms with Crippen LogP contribution in [0.2, 0.25) is 0 Å². The summed E-state index contributed by atoms with van der Waals surface area (Å²) in [7, 11) is 0. The van der Waals surface area contributed by atoms with E-state index < -0.39 is 0 Å². The molecule has 0 spiro atoms. The van der Waals surface area contributed by atoms with Crippen molar-refractivity contribution in [2.24, 2.45) is 35.0 Å². The van der Waals surface area contributed by atoms with Crippen LogP contribution >= 0.6 is 0 Å². The molecule has 0 nitrogen and oxygen atoms in total. The summed E-state index contributed by atoms with van der Waals surface area (Å²) in [4.78, 5) is 0. The first-order valence-corrected chi connectivity index (χ1v) is 6.71. The zero-order chi connectivity index (χ0) is 10.8. The highest BCUT2D eigenvalue weighted by Gasteiger charge is 2.64. The van der Waals surface area contributed by atoms with Crippen LogP contribution < -0.4 is 0 Å². The lowest BCUT2D eigenvalue weighted by atomic mass is 9.80. The highest BCUT2D eigenvalue weighted by Crippen LogP contribution is 2.70. The minimum Gasteiger partial charge on any atom is -0.0996 e. The molecule has 0 heterocycles. The van der Waals surface area contributed by atoms with Crippen LogP contribution in [0.4, 0.5) is 0 Å². The van der Waals surface area contributed by atoms with Gasteiger partial charge in [-0.25, -0.2) is 0 Å². The van der Waals surface area contributed by atoms with Gasteiger partial charge in [-0.3, -0.25) is 0 Å². The fourth-order valence-electron chi connectivity index (χ4n) is 4.93. The molecule has 3 aliphatic rings. The van der Waals surface area contributed by atoms with Gasteiger partial charge in [-0.2, -0.15) is 0 Å². The van der Waals surface area contributed by atoms with E-state index in [1.165, 1.54) is 25.7 Å². The van der Waals surface area contributed by atoms with E-state index in [9.17, 15) is 0 Å². The Balaban J connectivity index is 1.93. The van der Waals surface area contributed by atoms with Crippen LogP contribution in [0.15, 0.2) is 12.2 Å². The third-order valence-electron chi connectivity index (χ3n) is 5.91. The van der Waals surface area contributed by atoms with Crippen molar-refractivity contribution in [1.82, 2.24) is 0 Å². The molecule has 84 valence electrons. The van der Waals surface area contributed by atoms with Crippen molar-refractivity contribution in [2.75, 3.05) is 0 Å². The lowest BCUT2D eigenvalue weighted by molar-refractivity contribution is 0.280. The largest absolute Gasteiger partial charge is 0.0996 e. The highest BCUT2D eigenvalue weighted by atomic mass is 14.7. The van der Waals surface area contributed by atoms with Crippen molar-refractivity contribution in [2.45, 2.75) is 46.5 Å². The van der Waals surface area contributed by atoms with Crippen LogP contribution in [0.1, 0.15) is 46.5 Å². The second kappa shape index (κ2) is 2.90. The van der Waals surface area contributed by atoms with Crippen LogP contribution in [0.25, 0.3) is 0 Å². The van der Waals surface area contributed by atoms with Gasteiger partial charge in [0.15, 0.2) is 0 Å². The van der Waals surface area contributed by atoms with Crippen LogP contribution in [0, 0.1) is 35.0 Å². The molecule has 0 aromatic rings. The Morgan fingerprint density at radius 1 is 1.20 bits per heavy atom. The maximum absolute atomic E-state index is 4.35. The van der Waals surface area contributed by atoms with Crippen LogP contribution in [-0.2, 0) is 0 Å². The van der Waals surface area contributed by atoms with E-state index in [2.05, 4.69) is 27.4 Å². The van der Waals surface area contributed by atoms with Gasteiger partial charge in [-0.05, 0) is 60.7 Å². The third-order valence-corrected chi connectivity index (χ3v) is 5.91. The number of fused-ring (bicyclic) bond motifs is 3. The number of allylic oxidation sites excluding steroid dienone is 1. The predicted octanol–water partition coefficient (Wildman–Crippen LogP) is 4.27. The maximum Gasteiger partial charge on any atom is -0.0172 e. The molecule has 3 aliphatic carbocycles. The van der Waals surface area contributed by atoms with Crippen molar-refractivity contribution in [3.63, 3.8) is 0 Å². The molecule has 3 fully saturated rings. The molecule has 3 saturated carbocycles. The summed E-state index contributed by atoms with van der Waals surface area (Å²) in [5.41, 5.74) is 2.25. The van der Waals surface area contributed by atoms with Crippen molar-refractivity contribution < 1.29 is 0 Å². The predicted molar refractivity (Wildman–Crippen MR) is 64.5 cm³/mol. The highest BCUT2D eigenvalue weighted by molar-refractivity contribution is 5.20. The van der Waals surface area contributed by atoms with Gasteiger partial charge < -0.3 is 0 Å². The zero-order valence-corrected chi connectivity index (χ0v) is 10.4. The lowest BCUT2D eigenvalue weighted by Crippen LogP contribution is -2.18. The van der Waals surface area contributed by atoms with Gasteiger partial charge in [0.1, 0.15) is 0 Å². The Kier molecular flexibility index (Phi) is 1.92. The molecule has 0 aromatic heterocycles. The molecule has 0 aromatic carbocycles. The maximum atomic E-state index is 4.35. The minimum absolute atomic E-state index is 0.655. The van der Waals surface area contributed by atoms with E-state index in [1.54, 1.807) is 5.57 Å². The van der Waals surface area contributed by atoms with Crippen molar-refractivity contribution in [1.29, 1.82) is 0 Å². The van der Waals surface area contributed by atoms with Gasteiger partial charge in [-0.1, -0.05) is 32.9 Å². The monoisotopic (exact) mass is 204 g/mol. The van der Waals surface area contributed by atoms with Gasteiger partial charge in [0.25, 0.3) is 0 Å². The first-order valence-electron chi connectivity index (χ1n) is 6.71. The molecule has 0 saturated heterocycles. The summed E-state index contributed by atoms with van der Waals surface area (Å²) in [5, 5.41) is 0. The topological polar surface area (TPSA) is 0 Å². The van der Waals surface area contributed by atoms with E-state index in [4.69, 9.17) is 0 Å². The van der Waals surface area contributed by atoms with Crippen LogP contribution in [0.3, 0.4) is 0 Å². The fourth-order valence-corrected chi connectivity index (χ4v) is 4.93. The second-order valence-electron chi connectivity index (χ2n) is 6.89. The molecule has 0 heteroatoms. The summed E-state index contributed by atoms with van der Waals surface area (Å²) in [6, 6.07) is 0. The van der Waals surface area contributed by atoms with Gasteiger partial charge >= 0.3 is 0 Å². The van der Waals surface area contributed by atoms with Crippen LogP contribution in [0.5, 0.6) is 0 Å². The standard InChI is InChI=1S/C15H24/c1-9-6-8-12-14(15(12,3)4)13-10(2)5-7-11(9)13/h10-14H,1,5-8H2,2-4H3/t10-,11+,12-,13+,14+/m0/s1. The smallest absolute Gasteiger partial charge is 0.0172 e. The molecular weight excluding hydrogens is 180 g/mol. The molecular formula is C15H24. The first kappa shape index (κ1) is 9.93. The van der Waals surface area contributed by atoms with Crippen molar-refractivity contribution in [3.8, 4) is 0 Å². The Bertz CT molecular complexity index is 299. The van der Waals surface area contributed by atoms with E-state index >= 15 is 0 Å². The fraction of sp³-hybridized carbons (Fsp3) is 0.867. The zero-order valence-electron chi connectivity index (χ0n) is 10.4. The summed E-state index contributed by atoms with van der Waals surface area (Å²) in [5.74, 6) is 4.87. The van der Waals surface area contributed by atoms with E-state index in [0.29, 0.717) is 5.41 Å². The summed E-state index contributed by atoms with van der Waals surface area (Å²) in [6.45, 7) is 11.8. The molecule has 0 aliphatic heterocycles. The summed E-state index contributed by atoms with van der Waals surface area (Å²) < 4.78 is 0. The van der Waals surface area contributed by atoms with E-state index in [-0.39, 0.29) is 0 Å². The first-order chi connectivity index (χ1) is 7.03. The molecule has 3 rings (SSSR count). The molecule has 15 heavy (non-hydrogen) atoms. The second-order valence-corrected chi connectivity index (χ2v) is 6.89. The Hall–Kier alpha value is -0.260. The molecule has 0 unspecified atom stereocenters. The Morgan fingerprint density at radius 3 is 2.67 bits per heavy atom. The summed E-state index contributed by atoms with van der Waals surface area (Å²) in [6.07, 6.45) is 5.63. The van der Waals surface area contributed by atoms with Crippen LogP contribution in [-0.4, -0.2) is 0 Å². The summed E-state index contributed by atoms with van der Waals surface area (Å²) >= 11 is 0. The third kappa shape index (κ3) is 1.20. The number of hydrogen-bond acceptors (Lipinski definition) is 0.